The molecule has 0 aliphatic carbocycles. The quantitative estimate of drug-likeness (QED) is 0.580. The van der Waals surface area contributed by atoms with Gasteiger partial charge in [-0.1, -0.05) is 12.1 Å². The van der Waals surface area contributed by atoms with E-state index in [0.29, 0.717) is 5.69 Å². The van der Waals surface area contributed by atoms with Gasteiger partial charge in [0.05, 0.1) is 5.52 Å². The summed E-state index contributed by atoms with van der Waals surface area (Å²) >= 11 is 0. The Morgan fingerprint density at radius 1 is 1.10 bits per heavy atom. The number of hydrogen-bond donors (Lipinski definition) is 4. The Morgan fingerprint density at radius 3 is 2.62 bits per heavy atom. The van der Waals surface area contributed by atoms with E-state index in [1.807, 2.05) is 42.6 Å². The van der Waals surface area contributed by atoms with Crippen molar-refractivity contribution < 1.29 is 0 Å². The zero-order valence-corrected chi connectivity index (χ0v) is 11.9. The highest BCUT2D eigenvalue weighted by Gasteiger charge is 2.07. The standard InChI is InChI=1S/C14H15N5.2H3N/c15-13-12-6-2-4-10-19(12)18-14(13)17-9-7-11-5-1-3-8-16-11;;/h1-6,8,10H,7,9,15H2,(H,17,18);2*1H3. The topological polar surface area (TPSA) is 138 Å². The van der Waals surface area contributed by atoms with Gasteiger partial charge in [-0.05, 0) is 24.3 Å². The van der Waals surface area contributed by atoms with Gasteiger partial charge in [0.25, 0.3) is 0 Å². The van der Waals surface area contributed by atoms with E-state index in [4.69, 9.17) is 5.73 Å². The molecule has 0 fully saturated rings. The third-order valence-corrected chi connectivity index (χ3v) is 2.98. The normalized spacial score (nSPS) is 9.71. The molecule has 9 N–H and O–H groups in total. The molecule has 0 amide bonds. The molecule has 0 radical (unpaired) electrons. The van der Waals surface area contributed by atoms with Crippen LogP contribution in [0, 0.1) is 0 Å². The highest BCUT2D eigenvalue weighted by molar-refractivity contribution is 5.80. The fraction of sp³-hybridized carbons (Fsp3) is 0.143. The van der Waals surface area contributed by atoms with Crippen LogP contribution >= 0.6 is 0 Å². The van der Waals surface area contributed by atoms with Gasteiger partial charge >= 0.3 is 0 Å². The lowest BCUT2D eigenvalue weighted by atomic mass is 10.2. The predicted molar refractivity (Wildman–Crippen MR) is 86.1 cm³/mol. The third-order valence-electron chi connectivity index (χ3n) is 2.98. The van der Waals surface area contributed by atoms with Gasteiger partial charge in [0.2, 0.25) is 0 Å². The molecule has 3 rings (SSSR count). The first-order chi connectivity index (χ1) is 9.34. The van der Waals surface area contributed by atoms with E-state index in [2.05, 4.69) is 15.4 Å². The zero-order valence-electron chi connectivity index (χ0n) is 11.9. The first-order valence-electron chi connectivity index (χ1n) is 6.21. The van der Waals surface area contributed by atoms with Gasteiger partial charge in [-0.25, -0.2) is 4.52 Å². The van der Waals surface area contributed by atoms with Gasteiger partial charge in [-0.3, -0.25) is 4.98 Å². The van der Waals surface area contributed by atoms with Crippen molar-refractivity contribution in [2.24, 2.45) is 0 Å². The fourth-order valence-corrected chi connectivity index (χ4v) is 2.00. The summed E-state index contributed by atoms with van der Waals surface area (Å²) in [5.74, 6) is 0.724. The molecule has 7 heteroatoms. The van der Waals surface area contributed by atoms with Gasteiger partial charge in [0, 0.05) is 31.1 Å². The molecule has 0 aromatic carbocycles. The molecular weight excluding hydrogens is 266 g/mol. The predicted octanol–water partition coefficient (Wildman–Crippen LogP) is 2.29. The SMILES string of the molecule is N.N.Nc1c(NCCc2ccccn2)nn2ccccc12. The molecule has 3 aromatic rings. The molecule has 0 spiro atoms. The van der Waals surface area contributed by atoms with Crippen LogP contribution in [0.15, 0.2) is 48.8 Å². The molecule has 0 bridgehead atoms. The van der Waals surface area contributed by atoms with E-state index < -0.39 is 0 Å². The van der Waals surface area contributed by atoms with Crippen molar-refractivity contribution in [1.82, 2.24) is 26.9 Å². The molecule has 0 unspecified atom stereocenters. The first-order valence-corrected chi connectivity index (χ1v) is 6.21. The van der Waals surface area contributed by atoms with Crippen LogP contribution in [0.25, 0.3) is 5.52 Å². The second-order valence-corrected chi connectivity index (χ2v) is 4.29. The van der Waals surface area contributed by atoms with Crippen LogP contribution in [0.5, 0.6) is 0 Å². The van der Waals surface area contributed by atoms with E-state index in [0.717, 1.165) is 30.0 Å². The molecule has 0 atom stereocenters. The number of aromatic nitrogens is 3. The fourth-order valence-electron chi connectivity index (χ4n) is 2.00. The number of hydrogen-bond acceptors (Lipinski definition) is 6. The molecule has 0 saturated heterocycles. The van der Waals surface area contributed by atoms with Gasteiger partial charge in [-0.15, -0.1) is 5.10 Å². The number of anilines is 2. The molecule has 0 aliphatic heterocycles. The number of nitrogens with zero attached hydrogens (tertiary/aromatic N) is 3. The van der Waals surface area contributed by atoms with Crippen LogP contribution in [0.4, 0.5) is 11.5 Å². The maximum atomic E-state index is 6.06. The Bertz CT molecular complexity index is 678. The molecule has 3 aromatic heterocycles. The Kier molecular flexibility index (Phi) is 5.65. The maximum Gasteiger partial charge on any atom is 0.172 e. The summed E-state index contributed by atoms with van der Waals surface area (Å²) in [4.78, 5) is 4.28. The molecule has 3 heterocycles. The van der Waals surface area contributed by atoms with Crippen molar-refractivity contribution in [2.75, 3.05) is 17.6 Å². The summed E-state index contributed by atoms with van der Waals surface area (Å²) < 4.78 is 1.78. The summed E-state index contributed by atoms with van der Waals surface area (Å²) in [5, 5.41) is 7.66. The smallest absolute Gasteiger partial charge is 0.172 e. The van der Waals surface area contributed by atoms with Crippen LogP contribution in [0.3, 0.4) is 0 Å². The number of nitrogens with one attached hydrogen (secondary N) is 1. The molecule has 21 heavy (non-hydrogen) atoms. The maximum absolute atomic E-state index is 6.06. The average Bonchev–Trinajstić information content (AvgIpc) is 2.78. The Morgan fingerprint density at radius 2 is 1.90 bits per heavy atom. The van der Waals surface area contributed by atoms with Gasteiger partial charge in [0.1, 0.15) is 5.69 Å². The Balaban J connectivity index is 0.00000110. The van der Waals surface area contributed by atoms with Gasteiger partial charge in [0.15, 0.2) is 5.82 Å². The van der Waals surface area contributed by atoms with Crippen molar-refractivity contribution in [3.63, 3.8) is 0 Å². The van der Waals surface area contributed by atoms with Gasteiger partial charge < -0.3 is 23.4 Å². The average molecular weight is 287 g/mol. The lowest BCUT2D eigenvalue weighted by Crippen LogP contribution is -2.07. The summed E-state index contributed by atoms with van der Waals surface area (Å²) in [6.45, 7) is 0.755. The zero-order chi connectivity index (χ0) is 13.1. The molecule has 0 saturated carbocycles. The second kappa shape index (κ2) is 7.22. The minimum atomic E-state index is 0. The highest BCUT2D eigenvalue weighted by atomic mass is 15.3. The number of nitrogen functional groups attached to an aromatic ring is 1. The van der Waals surface area contributed by atoms with Crippen LogP contribution in [-0.4, -0.2) is 21.1 Å². The summed E-state index contributed by atoms with van der Waals surface area (Å²) in [6, 6.07) is 11.7. The molecule has 112 valence electrons. The van der Waals surface area contributed by atoms with Crippen molar-refractivity contribution in [3.05, 3.63) is 54.5 Å². The van der Waals surface area contributed by atoms with Gasteiger partial charge in [-0.2, -0.15) is 0 Å². The Hall–Kier alpha value is -2.64. The van der Waals surface area contributed by atoms with Crippen LogP contribution < -0.4 is 23.4 Å². The van der Waals surface area contributed by atoms with Crippen molar-refractivity contribution in [3.8, 4) is 0 Å². The highest BCUT2D eigenvalue weighted by Crippen LogP contribution is 2.22. The monoisotopic (exact) mass is 287 g/mol. The second-order valence-electron chi connectivity index (χ2n) is 4.29. The van der Waals surface area contributed by atoms with E-state index >= 15 is 0 Å². The van der Waals surface area contributed by atoms with E-state index in [9.17, 15) is 0 Å². The van der Waals surface area contributed by atoms with Crippen LogP contribution in [0.1, 0.15) is 5.69 Å². The van der Waals surface area contributed by atoms with Crippen LogP contribution in [-0.2, 0) is 6.42 Å². The van der Waals surface area contributed by atoms with E-state index in [1.54, 1.807) is 10.7 Å². The molecular formula is C14H21N7. The number of fused-ring (bicyclic) bond motifs is 1. The lowest BCUT2D eigenvalue weighted by Gasteiger charge is -2.03. The molecule has 7 nitrogen and oxygen atoms in total. The van der Waals surface area contributed by atoms with Crippen molar-refractivity contribution in [1.29, 1.82) is 0 Å². The number of pyridine rings is 2. The largest absolute Gasteiger partial charge is 0.394 e. The molecule has 0 aliphatic rings. The van der Waals surface area contributed by atoms with Crippen molar-refractivity contribution in [2.45, 2.75) is 6.42 Å². The summed E-state index contributed by atoms with van der Waals surface area (Å²) in [7, 11) is 0. The van der Waals surface area contributed by atoms with E-state index in [1.165, 1.54) is 0 Å². The first kappa shape index (κ1) is 16.4. The third kappa shape index (κ3) is 3.47. The lowest BCUT2D eigenvalue weighted by molar-refractivity contribution is 0.923. The minimum absolute atomic E-state index is 0. The number of nitrogens with two attached hydrogens (primary N) is 1. The summed E-state index contributed by atoms with van der Waals surface area (Å²) in [6.07, 6.45) is 4.53. The minimum Gasteiger partial charge on any atom is -0.394 e. The van der Waals surface area contributed by atoms with Crippen LogP contribution in [0.2, 0.25) is 0 Å². The summed E-state index contributed by atoms with van der Waals surface area (Å²) in [5.41, 5.74) is 8.71. The van der Waals surface area contributed by atoms with Crippen molar-refractivity contribution >= 4 is 17.0 Å². The Labute approximate surface area is 123 Å². The number of rotatable bonds is 4. The van der Waals surface area contributed by atoms with E-state index in [-0.39, 0.29) is 12.3 Å².